The number of likely N-dealkylation sites (tertiary alicyclic amines) is 1. The largest absolute Gasteiger partial charge is 0.369 e. The van der Waals surface area contributed by atoms with E-state index in [0.29, 0.717) is 16.8 Å². The number of aromatic nitrogens is 2. The second-order valence-corrected chi connectivity index (χ2v) is 10.5. The highest BCUT2D eigenvalue weighted by molar-refractivity contribution is 7.23. The first kappa shape index (κ1) is 27.6. The van der Waals surface area contributed by atoms with Gasteiger partial charge in [0.25, 0.3) is 5.91 Å². The maximum absolute atomic E-state index is 15.1. The number of imidazole rings is 1. The maximum Gasteiger partial charge on any atom is 0.251 e. The number of piperazine rings is 1. The van der Waals surface area contributed by atoms with E-state index in [2.05, 4.69) is 27.5 Å². The van der Waals surface area contributed by atoms with Gasteiger partial charge in [0, 0.05) is 55.2 Å². The normalized spacial score (nSPS) is 17.0. The third-order valence-corrected chi connectivity index (χ3v) is 8.14. The topological polar surface area (TPSA) is 64.9 Å². The van der Waals surface area contributed by atoms with E-state index in [1.165, 1.54) is 11.3 Å². The van der Waals surface area contributed by atoms with E-state index in [4.69, 9.17) is 4.98 Å². The summed E-state index contributed by atoms with van der Waals surface area (Å²) in [5.41, 5.74) is 3.66. The van der Waals surface area contributed by atoms with Crippen LogP contribution in [0.25, 0.3) is 26.4 Å². The highest BCUT2D eigenvalue weighted by atomic mass is 35.5. The van der Waals surface area contributed by atoms with E-state index in [1.54, 1.807) is 6.07 Å². The molecule has 0 spiro atoms. The van der Waals surface area contributed by atoms with Gasteiger partial charge in [-0.2, -0.15) is 0 Å². The summed E-state index contributed by atoms with van der Waals surface area (Å²) in [4.78, 5) is 22.8. The van der Waals surface area contributed by atoms with Gasteiger partial charge in [-0.05, 0) is 69.4 Å². The molecule has 2 aromatic carbocycles. The Labute approximate surface area is 231 Å². The molecule has 2 aliphatic heterocycles. The highest BCUT2D eigenvalue weighted by Gasteiger charge is 2.20. The number of nitrogens with zero attached hydrogens (tertiary/aromatic N) is 4. The molecule has 4 aromatic rings. The van der Waals surface area contributed by atoms with Crippen LogP contribution in [0.4, 0.5) is 10.1 Å². The Morgan fingerprint density at radius 3 is 2.57 bits per heavy atom. The van der Waals surface area contributed by atoms with Crippen LogP contribution in [-0.2, 0) is 0 Å². The molecular formula is C26H31Cl2FN6OS. The predicted octanol–water partition coefficient (Wildman–Crippen LogP) is 4.43. The molecule has 2 N–H and O–H groups in total. The molecule has 198 valence electrons. The van der Waals surface area contributed by atoms with Gasteiger partial charge >= 0.3 is 0 Å². The monoisotopic (exact) mass is 564 g/mol. The first-order valence-corrected chi connectivity index (χ1v) is 13.0. The Bertz CT molecular complexity index is 1390. The standard InChI is InChI=1S/C26H29FN6OS.2ClH/c1-31-10-6-18(7-11-31)29-25(34)17-2-5-23-24(14-17)35-26-30-22(16-33(23)26)20-4-3-19(15-21(20)27)32-12-8-28-9-13-32;;/h2-5,14-16,18,28H,6-13H2,1H3,(H,29,34);2*1H. The average molecular weight is 566 g/mol. The van der Waals surface area contributed by atoms with Crippen LogP contribution in [-0.4, -0.2) is 72.5 Å². The molecule has 0 bridgehead atoms. The quantitative estimate of drug-likeness (QED) is 0.384. The minimum absolute atomic E-state index is 0. The van der Waals surface area contributed by atoms with E-state index in [0.717, 1.165) is 73.0 Å². The number of carbonyl (C=O) groups is 1. The fourth-order valence-corrected chi connectivity index (χ4v) is 6.07. The van der Waals surface area contributed by atoms with Crippen LogP contribution in [0.3, 0.4) is 0 Å². The summed E-state index contributed by atoms with van der Waals surface area (Å²) >= 11 is 1.51. The average Bonchev–Trinajstić information content (AvgIpc) is 3.43. The van der Waals surface area contributed by atoms with Gasteiger partial charge < -0.3 is 20.4 Å². The first-order chi connectivity index (χ1) is 17.0. The van der Waals surface area contributed by atoms with Gasteiger partial charge in [-0.3, -0.25) is 9.20 Å². The van der Waals surface area contributed by atoms with Crippen LogP contribution >= 0.6 is 36.2 Å². The van der Waals surface area contributed by atoms with Crippen LogP contribution in [0, 0.1) is 5.82 Å². The molecule has 2 aliphatic rings. The SMILES string of the molecule is CN1CCC(NC(=O)c2ccc3c(c2)sc2nc(-c4ccc(N5CCNCC5)cc4F)cn23)CC1.Cl.Cl. The lowest BCUT2D eigenvalue weighted by Crippen LogP contribution is -2.43. The lowest BCUT2D eigenvalue weighted by Gasteiger charge is -2.29. The van der Waals surface area contributed by atoms with E-state index in [9.17, 15) is 4.79 Å². The summed E-state index contributed by atoms with van der Waals surface area (Å²) < 4.78 is 18.0. The molecule has 0 aliphatic carbocycles. The summed E-state index contributed by atoms with van der Waals surface area (Å²) in [6, 6.07) is 11.4. The number of piperidine rings is 1. The lowest BCUT2D eigenvalue weighted by molar-refractivity contribution is 0.0917. The molecule has 6 rings (SSSR count). The van der Waals surface area contributed by atoms with Gasteiger partial charge in [0.05, 0.1) is 15.9 Å². The molecule has 2 saturated heterocycles. The molecule has 11 heteroatoms. The third kappa shape index (κ3) is 5.56. The van der Waals surface area contributed by atoms with Crippen molar-refractivity contribution in [3.8, 4) is 11.3 Å². The number of halogens is 3. The van der Waals surface area contributed by atoms with Gasteiger partial charge in [0.2, 0.25) is 0 Å². The summed E-state index contributed by atoms with van der Waals surface area (Å²) in [6.07, 6.45) is 3.84. The van der Waals surface area contributed by atoms with Crippen LogP contribution < -0.4 is 15.5 Å². The number of hydrogen-bond donors (Lipinski definition) is 2. The van der Waals surface area contributed by atoms with Crippen LogP contribution in [0.1, 0.15) is 23.2 Å². The number of benzene rings is 2. The molecule has 7 nitrogen and oxygen atoms in total. The van der Waals surface area contributed by atoms with E-state index in [1.807, 2.05) is 40.9 Å². The summed E-state index contributed by atoms with van der Waals surface area (Å²) in [6.45, 7) is 5.59. The number of thiazole rings is 1. The summed E-state index contributed by atoms with van der Waals surface area (Å²) in [7, 11) is 2.11. The fourth-order valence-electron chi connectivity index (χ4n) is 5.03. The summed E-state index contributed by atoms with van der Waals surface area (Å²) in [5, 5.41) is 6.50. The smallest absolute Gasteiger partial charge is 0.251 e. The van der Waals surface area contributed by atoms with Crippen molar-refractivity contribution in [2.24, 2.45) is 0 Å². The molecule has 0 unspecified atom stereocenters. The molecule has 0 atom stereocenters. The Morgan fingerprint density at radius 1 is 1.08 bits per heavy atom. The zero-order valence-electron chi connectivity index (χ0n) is 20.6. The van der Waals surface area contributed by atoms with Crippen molar-refractivity contribution < 1.29 is 9.18 Å². The second kappa shape index (κ2) is 11.5. The van der Waals surface area contributed by atoms with Crippen molar-refractivity contribution in [1.82, 2.24) is 24.9 Å². The zero-order valence-corrected chi connectivity index (χ0v) is 23.0. The van der Waals surface area contributed by atoms with E-state index in [-0.39, 0.29) is 42.6 Å². The molecule has 0 saturated carbocycles. The number of anilines is 1. The van der Waals surface area contributed by atoms with Gasteiger partial charge in [0.1, 0.15) is 5.82 Å². The van der Waals surface area contributed by atoms with Gasteiger partial charge in [-0.1, -0.05) is 11.3 Å². The predicted molar refractivity (Wildman–Crippen MR) is 154 cm³/mol. The molecular weight excluding hydrogens is 534 g/mol. The number of rotatable bonds is 4. The maximum atomic E-state index is 15.1. The number of amides is 1. The number of nitrogens with one attached hydrogen (secondary N) is 2. The minimum Gasteiger partial charge on any atom is -0.369 e. The number of fused-ring (bicyclic) bond motifs is 3. The Balaban J connectivity index is 0.00000160. The summed E-state index contributed by atoms with van der Waals surface area (Å²) in [5.74, 6) is -0.288. The van der Waals surface area contributed by atoms with Crippen molar-refractivity contribution >= 4 is 62.9 Å². The fraction of sp³-hybridized carbons (Fsp3) is 0.385. The van der Waals surface area contributed by atoms with E-state index < -0.39 is 0 Å². The highest BCUT2D eigenvalue weighted by Crippen LogP contribution is 2.32. The van der Waals surface area contributed by atoms with Crippen molar-refractivity contribution in [2.75, 3.05) is 51.2 Å². The van der Waals surface area contributed by atoms with Crippen molar-refractivity contribution in [2.45, 2.75) is 18.9 Å². The molecule has 0 radical (unpaired) electrons. The molecule has 1 amide bonds. The molecule has 2 aromatic heterocycles. The van der Waals surface area contributed by atoms with E-state index >= 15 is 4.39 Å². The Morgan fingerprint density at radius 2 is 1.84 bits per heavy atom. The zero-order chi connectivity index (χ0) is 23.9. The van der Waals surface area contributed by atoms with Gasteiger partial charge in [-0.25, -0.2) is 9.37 Å². The Kier molecular flexibility index (Phi) is 8.60. The van der Waals surface area contributed by atoms with Crippen LogP contribution in [0.2, 0.25) is 0 Å². The Hall–Kier alpha value is -2.43. The van der Waals surface area contributed by atoms with Crippen LogP contribution in [0.15, 0.2) is 42.6 Å². The first-order valence-electron chi connectivity index (χ1n) is 12.2. The van der Waals surface area contributed by atoms with Crippen LogP contribution in [0.5, 0.6) is 0 Å². The minimum atomic E-state index is -0.260. The van der Waals surface area contributed by atoms with Gasteiger partial charge in [0.15, 0.2) is 4.96 Å². The second-order valence-electron chi connectivity index (χ2n) is 9.52. The third-order valence-electron chi connectivity index (χ3n) is 7.12. The van der Waals surface area contributed by atoms with Crippen molar-refractivity contribution in [3.05, 3.63) is 54.0 Å². The number of carbonyl (C=O) groups excluding carboxylic acids is 1. The van der Waals surface area contributed by atoms with Crippen molar-refractivity contribution in [3.63, 3.8) is 0 Å². The van der Waals surface area contributed by atoms with Crippen molar-refractivity contribution in [1.29, 1.82) is 0 Å². The number of hydrogen-bond acceptors (Lipinski definition) is 6. The molecule has 4 heterocycles. The molecule has 2 fully saturated rings. The molecule has 37 heavy (non-hydrogen) atoms. The lowest BCUT2D eigenvalue weighted by atomic mass is 10.0. The van der Waals surface area contributed by atoms with Gasteiger partial charge in [-0.15, -0.1) is 24.8 Å².